The summed E-state index contributed by atoms with van der Waals surface area (Å²) in [5.74, 6) is 0.689. The minimum atomic E-state index is 0.564. The molecule has 0 bridgehead atoms. The van der Waals surface area contributed by atoms with E-state index >= 15 is 0 Å². The summed E-state index contributed by atoms with van der Waals surface area (Å²) in [7, 11) is 0. The fraction of sp³-hybridized carbons (Fsp3) is 0.929. The van der Waals surface area contributed by atoms with Gasteiger partial charge < -0.3 is 0 Å². The van der Waals surface area contributed by atoms with E-state index in [9.17, 15) is 0 Å². The zero-order chi connectivity index (χ0) is 11.0. The molecule has 0 saturated heterocycles. The highest BCUT2D eigenvalue weighted by atomic mass is 14.2. The molecule has 14 heavy (non-hydrogen) atoms. The monoisotopic (exact) mass is 197 g/mol. The van der Waals surface area contributed by atoms with Gasteiger partial charge in [0.05, 0.1) is 0 Å². The molecule has 1 atom stereocenters. The molecule has 0 aliphatic carbocycles. The van der Waals surface area contributed by atoms with Gasteiger partial charge in [0.25, 0.3) is 0 Å². The van der Waals surface area contributed by atoms with Crippen molar-refractivity contribution in [3.63, 3.8) is 0 Å². The van der Waals surface area contributed by atoms with Gasteiger partial charge in [-0.1, -0.05) is 73.1 Å². The lowest BCUT2D eigenvalue weighted by Gasteiger charge is -2.22. The fourth-order valence-corrected chi connectivity index (χ4v) is 1.59. The van der Waals surface area contributed by atoms with Crippen molar-refractivity contribution >= 4 is 0 Å². The Morgan fingerprint density at radius 1 is 1.07 bits per heavy atom. The van der Waals surface area contributed by atoms with Gasteiger partial charge in [0, 0.05) is 0 Å². The van der Waals surface area contributed by atoms with Crippen molar-refractivity contribution in [3.05, 3.63) is 6.92 Å². The van der Waals surface area contributed by atoms with Crippen molar-refractivity contribution in [2.24, 2.45) is 11.3 Å². The van der Waals surface area contributed by atoms with E-state index in [0.29, 0.717) is 11.3 Å². The zero-order valence-electron chi connectivity index (χ0n) is 10.7. The van der Waals surface area contributed by atoms with E-state index < -0.39 is 0 Å². The Kier molecular flexibility index (Phi) is 7.31. The number of hydrogen-bond acceptors (Lipinski definition) is 0. The topological polar surface area (TPSA) is 0 Å². The van der Waals surface area contributed by atoms with Crippen LogP contribution in [0.5, 0.6) is 0 Å². The largest absolute Gasteiger partial charge is 0.0651 e. The Bertz CT molecular complexity index is 124. The summed E-state index contributed by atoms with van der Waals surface area (Å²) in [6.45, 7) is 13.4. The molecule has 0 aliphatic rings. The van der Waals surface area contributed by atoms with E-state index in [1.54, 1.807) is 0 Å². The third kappa shape index (κ3) is 7.41. The lowest BCUT2D eigenvalue weighted by Crippen LogP contribution is -2.08. The van der Waals surface area contributed by atoms with Crippen molar-refractivity contribution in [2.75, 3.05) is 0 Å². The molecule has 0 heterocycles. The highest BCUT2D eigenvalue weighted by Gasteiger charge is 2.13. The average molecular weight is 197 g/mol. The van der Waals surface area contributed by atoms with Gasteiger partial charge in [0.1, 0.15) is 0 Å². The molecule has 1 radical (unpaired) electrons. The lowest BCUT2D eigenvalue weighted by molar-refractivity contribution is 0.306. The first-order valence-electron chi connectivity index (χ1n) is 6.35. The summed E-state index contributed by atoms with van der Waals surface area (Å²) < 4.78 is 0. The standard InChI is InChI=1S/C14H29/c1-6-13(3)11-9-8-10-12-14(4,5)7-2/h13H,3,6-12H2,1-2,4-5H3. The summed E-state index contributed by atoms with van der Waals surface area (Å²) in [5, 5.41) is 0. The van der Waals surface area contributed by atoms with Gasteiger partial charge in [0.15, 0.2) is 0 Å². The van der Waals surface area contributed by atoms with E-state index in [4.69, 9.17) is 0 Å². The van der Waals surface area contributed by atoms with Gasteiger partial charge in [-0.05, 0) is 17.8 Å². The molecule has 0 aromatic carbocycles. The van der Waals surface area contributed by atoms with Gasteiger partial charge in [-0.3, -0.25) is 0 Å². The van der Waals surface area contributed by atoms with Crippen LogP contribution < -0.4 is 0 Å². The van der Waals surface area contributed by atoms with E-state index in [0.717, 1.165) is 0 Å². The van der Waals surface area contributed by atoms with Crippen molar-refractivity contribution < 1.29 is 0 Å². The van der Waals surface area contributed by atoms with Crippen molar-refractivity contribution in [2.45, 2.75) is 72.6 Å². The fourth-order valence-electron chi connectivity index (χ4n) is 1.59. The minimum Gasteiger partial charge on any atom is -0.0651 e. The molecule has 0 fully saturated rings. The lowest BCUT2D eigenvalue weighted by atomic mass is 9.84. The van der Waals surface area contributed by atoms with E-state index in [1.165, 1.54) is 44.9 Å². The Morgan fingerprint density at radius 2 is 1.71 bits per heavy atom. The first-order valence-corrected chi connectivity index (χ1v) is 6.35. The molecule has 0 spiro atoms. The number of hydrogen-bond donors (Lipinski definition) is 0. The molecule has 0 amide bonds. The second kappa shape index (κ2) is 7.31. The van der Waals surface area contributed by atoms with Crippen molar-refractivity contribution in [1.29, 1.82) is 0 Å². The SMILES string of the molecule is [CH2]C(CC)CCCCCC(C)(C)CC. The Balaban J connectivity index is 3.30. The summed E-state index contributed by atoms with van der Waals surface area (Å²) in [6, 6.07) is 0. The predicted octanol–water partition coefficient (Wildman–Crippen LogP) is 5.23. The molecular weight excluding hydrogens is 168 g/mol. The average Bonchev–Trinajstić information content (AvgIpc) is 2.17. The maximum Gasteiger partial charge on any atom is -0.0357 e. The van der Waals surface area contributed by atoms with Crippen LogP contribution in [-0.4, -0.2) is 0 Å². The summed E-state index contributed by atoms with van der Waals surface area (Å²) in [5.41, 5.74) is 0.564. The first kappa shape index (κ1) is 14.0. The molecule has 1 unspecified atom stereocenters. The molecule has 0 saturated carbocycles. The normalized spacial score (nSPS) is 14.4. The van der Waals surface area contributed by atoms with Gasteiger partial charge >= 0.3 is 0 Å². The molecule has 0 aliphatic heterocycles. The van der Waals surface area contributed by atoms with Crippen LogP contribution in [0.3, 0.4) is 0 Å². The van der Waals surface area contributed by atoms with Crippen LogP contribution >= 0.6 is 0 Å². The maximum absolute atomic E-state index is 4.12. The number of rotatable bonds is 8. The quantitative estimate of drug-likeness (QED) is 0.467. The smallest absolute Gasteiger partial charge is 0.0357 e. The maximum atomic E-state index is 4.12. The predicted molar refractivity (Wildman–Crippen MR) is 66.3 cm³/mol. The molecule has 0 aromatic heterocycles. The highest BCUT2D eigenvalue weighted by molar-refractivity contribution is 4.66. The van der Waals surface area contributed by atoms with Crippen LogP contribution in [0.1, 0.15) is 72.6 Å². The third-order valence-corrected chi connectivity index (χ3v) is 3.50. The van der Waals surface area contributed by atoms with Gasteiger partial charge in [-0.25, -0.2) is 0 Å². The van der Waals surface area contributed by atoms with E-state index in [1.807, 2.05) is 0 Å². The first-order chi connectivity index (χ1) is 6.52. The van der Waals surface area contributed by atoms with Gasteiger partial charge in [-0.15, -0.1) is 0 Å². The molecule has 0 N–H and O–H groups in total. The zero-order valence-corrected chi connectivity index (χ0v) is 10.7. The van der Waals surface area contributed by atoms with Crippen LogP contribution in [0.25, 0.3) is 0 Å². The summed E-state index contributed by atoms with van der Waals surface area (Å²) >= 11 is 0. The van der Waals surface area contributed by atoms with Gasteiger partial charge in [-0.2, -0.15) is 0 Å². The molecular formula is C14H29. The van der Waals surface area contributed by atoms with Crippen molar-refractivity contribution in [3.8, 4) is 0 Å². The summed E-state index contributed by atoms with van der Waals surface area (Å²) in [6.07, 6.45) is 9.43. The van der Waals surface area contributed by atoms with E-state index in [-0.39, 0.29) is 0 Å². The Hall–Kier alpha value is 0. The van der Waals surface area contributed by atoms with Crippen LogP contribution in [-0.2, 0) is 0 Å². The molecule has 0 rings (SSSR count). The minimum absolute atomic E-state index is 0.564. The number of unbranched alkanes of at least 4 members (excludes halogenated alkanes) is 2. The summed E-state index contributed by atoms with van der Waals surface area (Å²) in [4.78, 5) is 0. The van der Waals surface area contributed by atoms with Gasteiger partial charge in [0.2, 0.25) is 0 Å². The van der Waals surface area contributed by atoms with Crippen LogP contribution in [0.2, 0.25) is 0 Å². The highest BCUT2D eigenvalue weighted by Crippen LogP contribution is 2.27. The Morgan fingerprint density at radius 3 is 2.21 bits per heavy atom. The second-order valence-corrected chi connectivity index (χ2v) is 5.39. The molecule has 0 heteroatoms. The van der Waals surface area contributed by atoms with Crippen LogP contribution in [0.4, 0.5) is 0 Å². The molecule has 0 aromatic rings. The van der Waals surface area contributed by atoms with Crippen LogP contribution in [0.15, 0.2) is 0 Å². The second-order valence-electron chi connectivity index (χ2n) is 5.39. The van der Waals surface area contributed by atoms with E-state index in [2.05, 4.69) is 34.6 Å². The molecule has 0 nitrogen and oxygen atoms in total. The third-order valence-electron chi connectivity index (χ3n) is 3.50. The van der Waals surface area contributed by atoms with Crippen LogP contribution in [0, 0.1) is 18.3 Å². The Labute approximate surface area is 91.5 Å². The molecule has 85 valence electrons. The van der Waals surface area contributed by atoms with Crippen molar-refractivity contribution in [1.82, 2.24) is 0 Å².